The Morgan fingerprint density at radius 1 is 0.880 bits per heavy atom. The van der Waals surface area contributed by atoms with Gasteiger partial charge < -0.3 is 10.1 Å². The molecule has 0 spiro atoms. The van der Waals surface area contributed by atoms with Crippen molar-refractivity contribution in [1.29, 1.82) is 0 Å². The van der Waals surface area contributed by atoms with E-state index in [-0.39, 0.29) is 0 Å². The minimum absolute atomic E-state index is 0.645. The molecule has 1 saturated heterocycles. The number of hydrogen-bond acceptors (Lipinski definition) is 2. The van der Waals surface area contributed by atoms with Gasteiger partial charge >= 0.3 is 0 Å². The zero-order valence-electron chi connectivity index (χ0n) is 15.3. The Labute approximate surface area is 152 Å². The second-order valence-electron chi connectivity index (χ2n) is 7.08. The van der Waals surface area contributed by atoms with E-state index in [0.717, 1.165) is 31.6 Å². The second-order valence-corrected chi connectivity index (χ2v) is 7.08. The third kappa shape index (κ3) is 6.21. The van der Waals surface area contributed by atoms with Gasteiger partial charge in [0.25, 0.3) is 0 Å². The number of nitrogens with one attached hydrogen (secondary N) is 1. The van der Waals surface area contributed by atoms with Crippen molar-refractivity contribution in [3.8, 4) is 5.75 Å². The standard InChI is InChI=1S/C23H31NO/c1-2-10-20(11-3-1)12-4-5-13-21-14-6-7-16-23(21)25-19-17-22-15-8-9-18-24-22/h1-3,6-7,10-11,14,16,22,24H,4-5,8-9,12-13,15,17-19H2. The Balaban J connectivity index is 1.40. The summed E-state index contributed by atoms with van der Waals surface area (Å²) in [7, 11) is 0. The summed E-state index contributed by atoms with van der Waals surface area (Å²) in [6, 6.07) is 20.0. The number of ether oxygens (including phenoxy) is 1. The molecule has 1 fully saturated rings. The fraction of sp³-hybridized carbons (Fsp3) is 0.478. The van der Waals surface area contributed by atoms with Crippen LogP contribution < -0.4 is 10.1 Å². The van der Waals surface area contributed by atoms with Crippen LogP contribution in [0.1, 0.15) is 49.7 Å². The molecule has 0 bridgehead atoms. The van der Waals surface area contributed by atoms with Crippen molar-refractivity contribution >= 4 is 0 Å². The molecule has 0 saturated carbocycles. The van der Waals surface area contributed by atoms with E-state index in [0.29, 0.717) is 6.04 Å². The fourth-order valence-electron chi connectivity index (χ4n) is 3.62. The van der Waals surface area contributed by atoms with E-state index >= 15 is 0 Å². The molecule has 1 N–H and O–H groups in total. The molecular weight excluding hydrogens is 306 g/mol. The highest BCUT2D eigenvalue weighted by Crippen LogP contribution is 2.21. The molecule has 2 aromatic carbocycles. The van der Waals surface area contributed by atoms with E-state index < -0.39 is 0 Å². The number of piperidine rings is 1. The van der Waals surface area contributed by atoms with E-state index in [1.165, 1.54) is 49.8 Å². The van der Waals surface area contributed by atoms with Crippen molar-refractivity contribution in [2.75, 3.05) is 13.2 Å². The Morgan fingerprint density at radius 2 is 1.68 bits per heavy atom. The Kier molecular flexibility index (Phi) is 7.38. The van der Waals surface area contributed by atoms with Gasteiger partial charge in [0.1, 0.15) is 5.75 Å². The minimum atomic E-state index is 0.645. The molecule has 0 radical (unpaired) electrons. The summed E-state index contributed by atoms with van der Waals surface area (Å²) in [5.74, 6) is 1.08. The summed E-state index contributed by atoms with van der Waals surface area (Å²) in [5.41, 5.74) is 2.79. The lowest BCUT2D eigenvalue weighted by atomic mass is 10.0. The molecule has 2 aromatic rings. The van der Waals surface area contributed by atoms with Crippen LogP contribution >= 0.6 is 0 Å². The SMILES string of the molecule is c1ccc(CCCCc2ccccc2OCCC2CCCCN2)cc1. The quantitative estimate of drug-likeness (QED) is 0.638. The van der Waals surface area contributed by atoms with Crippen molar-refractivity contribution in [2.45, 2.75) is 57.4 Å². The highest BCUT2D eigenvalue weighted by Gasteiger charge is 2.12. The number of rotatable bonds is 9. The monoisotopic (exact) mass is 337 g/mol. The van der Waals surface area contributed by atoms with Gasteiger partial charge in [0.15, 0.2) is 0 Å². The smallest absolute Gasteiger partial charge is 0.122 e. The number of aryl methyl sites for hydroxylation is 2. The molecular formula is C23H31NO. The van der Waals surface area contributed by atoms with Crippen LogP contribution in [0, 0.1) is 0 Å². The highest BCUT2D eigenvalue weighted by atomic mass is 16.5. The third-order valence-electron chi connectivity index (χ3n) is 5.11. The third-order valence-corrected chi connectivity index (χ3v) is 5.11. The van der Waals surface area contributed by atoms with E-state index in [2.05, 4.69) is 59.9 Å². The predicted molar refractivity (Wildman–Crippen MR) is 105 cm³/mol. The van der Waals surface area contributed by atoms with Crippen molar-refractivity contribution < 1.29 is 4.74 Å². The first kappa shape index (κ1) is 18.0. The van der Waals surface area contributed by atoms with Gasteiger partial charge in [-0.05, 0) is 68.7 Å². The zero-order chi connectivity index (χ0) is 17.2. The van der Waals surface area contributed by atoms with Crippen LogP contribution in [-0.2, 0) is 12.8 Å². The largest absolute Gasteiger partial charge is 0.493 e. The molecule has 2 heteroatoms. The summed E-state index contributed by atoms with van der Waals surface area (Å²) >= 11 is 0. The molecule has 0 amide bonds. The average Bonchev–Trinajstić information content (AvgIpc) is 2.68. The van der Waals surface area contributed by atoms with E-state index in [1.54, 1.807) is 0 Å². The van der Waals surface area contributed by atoms with Gasteiger partial charge in [-0.1, -0.05) is 55.0 Å². The first-order chi connectivity index (χ1) is 12.4. The maximum Gasteiger partial charge on any atom is 0.122 e. The first-order valence-electron chi connectivity index (χ1n) is 9.90. The summed E-state index contributed by atoms with van der Waals surface area (Å²) in [4.78, 5) is 0. The molecule has 1 aliphatic heterocycles. The highest BCUT2D eigenvalue weighted by molar-refractivity contribution is 5.33. The topological polar surface area (TPSA) is 21.3 Å². The summed E-state index contributed by atoms with van der Waals surface area (Å²) in [6.45, 7) is 1.99. The second kappa shape index (κ2) is 10.2. The molecule has 1 heterocycles. The normalized spacial score (nSPS) is 17.4. The molecule has 1 unspecified atom stereocenters. The van der Waals surface area contributed by atoms with Crippen molar-refractivity contribution in [1.82, 2.24) is 5.32 Å². The Bertz CT molecular complexity index is 604. The van der Waals surface area contributed by atoms with Crippen molar-refractivity contribution in [3.63, 3.8) is 0 Å². The Hall–Kier alpha value is -1.80. The summed E-state index contributed by atoms with van der Waals surface area (Å²) in [5, 5.41) is 3.60. The maximum atomic E-state index is 6.12. The van der Waals surface area contributed by atoms with Crippen LogP contribution in [0.5, 0.6) is 5.75 Å². The lowest BCUT2D eigenvalue weighted by Gasteiger charge is -2.23. The number of hydrogen-bond donors (Lipinski definition) is 1. The van der Waals surface area contributed by atoms with Gasteiger partial charge in [-0.15, -0.1) is 0 Å². The van der Waals surface area contributed by atoms with Crippen LogP contribution in [-0.4, -0.2) is 19.2 Å². The van der Waals surface area contributed by atoms with Gasteiger partial charge in [0.2, 0.25) is 0 Å². The predicted octanol–water partition coefficient (Wildman–Crippen LogP) is 5.16. The van der Waals surface area contributed by atoms with Crippen LogP contribution in [0.4, 0.5) is 0 Å². The fourth-order valence-corrected chi connectivity index (χ4v) is 3.62. The van der Waals surface area contributed by atoms with Gasteiger partial charge in [0, 0.05) is 6.04 Å². The van der Waals surface area contributed by atoms with E-state index in [1.807, 2.05) is 0 Å². The van der Waals surface area contributed by atoms with Crippen LogP contribution in [0.25, 0.3) is 0 Å². The number of para-hydroxylation sites is 1. The molecule has 25 heavy (non-hydrogen) atoms. The van der Waals surface area contributed by atoms with Crippen LogP contribution in [0.2, 0.25) is 0 Å². The van der Waals surface area contributed by atoms with Gasteiger partial charge in [-0.2, -0.15) is 0 Å². The molecule has 134 valence electrons. The van der Waals surface area contributed by atoms with Gasteiger partial charge in [0.05, 0.1) is 6.61 Å². The van der Waals surface area contributed by atoms with E-state index in [9.17, 15) is 0 Å². The lowest BCUT2D eigenvalue weighted by Crippen LogP contribution is -2.35. The molecule has 0 aromatic heterocycles. The van der Waals surface area contributed by atoms with Gasteiger partial charge in [-0.3, -0.25) is 0 Å². The van der Waals surface area contributed by atoms with Crippen LogP contribution in [0.3, 0.4) is 0 Å². The zero-order valence-corrected chi connectivity index (χ0v) is 15.3. The number of unbranched alkanes of at least 4 members (excludes halogenated alkanes) is 1. The van der Waals surface area contributed by atoms with Crippen molar-refractivity contribution in [2.24, 2.45) is 0 Å². The maximum absolute atomic E-state index is 6.12. The van der Waals surface area contributed by atoms with Crippen LogP contribution in [0.15, 0.2) is 54.6 Å². The summed E-state index contributed by atoms with van der Waals surface area (Å²) in [6.07, 6.45) is 9.79. The first-order valence-corrected chi connectivity index (χ1v) is 9.90. The van der Waals surface area contributed by atoms with E-state index in [4.69, 9.17) is 4.74 Å². The molecule has 1 atom stereocenters. The van der Waals surface area contributed by atoms with Gasteiger partial charge in [-0.25, -0.2) is 0 Å². The minimum Gasteiger partial charge on any atom is -0.493 e. The molecule has 3 rings (SSSR count). The average molecular weight is 338 g/mol. The number of benzene rings is 2. The van der Waals surface area contributed by atoms with Crippen molar-refractivity contribution in [3.05, 3.63) is 65.7 Å². The molecule has 0 aliphatic carbocycles. The summed E-state index contributed by atoms with van der Waals surface area (Å²) < 4.78 is 6.12. The molecule has 1 aliphatic rings. The molecule has 2 nitrogen and oxygen atoms in total. The lowest BCUT2D eigenvalue weighted by molar-refractivity contribution is 0.266. The Morgan fingerprint density at radius 3 is 2.52 bits per heavy atom.